The van der Waals surface area contributed by atoms with E-state index in [2.05, 4.69) is 230 Å². The lowest BCUT2D eigenvalue weighted by Crippen LogP contribution is -1.97. The molecule has 0 fully saturated rings. The highest BCUT2D eigenvalue weighted by molar-refractivity contribution is 6.31. The normalized spacial score (nSPS) is 12.1. The maximum Gasteiger partial charge on any atom is 0.136 e. The topological polar surface area (TPSA) is 31.0 Å². The molecule has 0 saturated carbocycles. The van der Waals surface area contributed by atoms with Gasteiger partial charge in [-0.05, 0) is 164 Å². The van der Waals surface area contributed by atoms with Crippen LogP contribution in [0.3, 0.4) is 0 Å². The standard InChI is InChI=1S/C66H40N2O/c1-39-67-59-28-14-15-29-60(59)68(39)42-33-30-40(31-34-42)63-48-20-6-10-24-52(48)65(53-25-11-7-21-49(53)63)66-54-26-12-8-22-50(54)64(51-23-9-13-27-55(51)66)41-32-35-47-58-37-56-45-18-4-2-16-43(45)44-17-3-5-19-46(44)57(56)38-62(58)69-61(47)36-41/h2-38H,1H3. The number of furan rings is 1. The molecule has 0 bridgehead atoms. The Labute approximate surface area is 396 Å². The molecule has 0 aliphatic heterocycles. The molecule has 0 aliphatic carbocycles. The van der Waals surface area contributed by atoms with Crippen molar-refractivity contribution in [2.24, 2.45) is 0 Å². The average molecular weight is 877 g/mol. The summed E-state index contributed by atoms with van der Waals surface area (Å²) in [4.78, 5) is 4.86. The molecule has 15 aromatic rings. The zero-order valence-corrected chi connectivity index (χ0v) is 37.7. The van der Waals surface area contributed by atoms with Crippen LogP contribution in [0.15, 0.2) is 229 Å². The molecule has 0 atom stereocenters. The van der Waals surface area contributed by atoms with Gasteiger partial charge < -0.3 is 4.42 Å². The van der Waals surface area contributed by atoms with E-state index < -0.39 is 0 Å². The largest absolute Gasteiger partial charge is 0.456 e. The predicted octanol–water partition coefficient (Wildman–Crippen LogP) is 18.3. The average Bonchev–Trinajstić information content (AvgIpc) is 3.94. The highest BCUT2D eigenvalue weighted by Gasteiger charge is 2.23. The van der Waals surface area contributed by atoms with Crippen LogP contribution in [0.1, 0.15) is 5.82 Å². The zero-order chi connectivity index (χ0) is 45.3. The Morgan fingerprint density at radius 1 is 0.304 bits per heavy atom. The lowest BCUT2D eigenvalue weighted by molar-refractivity contribution is 0.669. The highest BCUT2D eigenvalue weighted by Crippen LogP contribution is 2.51. The minimum atomic E-state index is 0.887. The number of fused-ring (bicyclic) bond motifs is 14. The minimum Gasteiger partial charge on any atom is -0.456 e. The van der Waals surface area contributed by atoms with Gasteiger partial charge in [0.1, 0.15) is 17.0 Å². The Bertz CT molecular complexity index is 4550. The molecule has 0 N–H and O–H groups in total. The van der Waals surface area contributed by atoms with Gasteiger partial charge in [-0.15, -0.1) is 0 Å². The molecule has 13 aromatic carbocycles. The summed E-state index contributed by atoms with van der Waals surface area (Å²) in [6.45, 7) is 2.08. The van der Waals surface area contributed by atoms with Gasteiger partial charge in [0.2, 0.25) is 0 Å². The smallest absolute Gasteiger partial charge is 0.136 e. The summed E-state index contributed by atoms with van der Waals surface area (Å²) in [6, 6.07) is 82.3. The van der Waals surface area contributed by atoms with Crippen LogP contribution in [0, 0.1) is 6.92 Å². The van der Waals surface area contributed by atoms with E-state index in [1.165, 1.54) is 103 Å². The highest BCUT2D eigenvalue weighted by atomic mass is 16.3. The summed E-state index contributed by atoms with van der Waals surface area (Å²) >= 11 is 0. The number of hydrogen-bond acceptors (Lipinski definition) is 2. The molecule has 0 aliphatic rings. The Morgan fingerprint density at radius 2 is 0.696 bits per heavy atom. The van der Waals surface area contributed by atoms with E-state index in [0.717, 1.165) is 50.0 Å². The van der Waals surface area contributed by atoms with Gasteiger partial charge in [0.15, 0.2) is 0 Å². The third-order valence-electron chi connectivity index (χ3n) is 14.9. The van der Waals surface area contributed by atoms with Gasteiger partial charge in [-0.25, -0.2) is 4.98 Å². The van der Waals surface area contributed by atoms with E-state index in [-0.39, 0.29) is 0 Å². The molecule has 2 aromatic heterocycles. The summed E-state index contributed by atoms with van der Waals surface area (Å²) in [7, 11) is 0. The monoisotopic (exact) mass is 876 g/mol. The van der Waals surface area contributed by atoms with E-state index >= 15 is 0 Å². The first-order chi connectivity index (χ1) is 34.2. The molecule has 0 spiro atoms. The van der Waals surface area contributed by atoms with Crippen LogP contribution in [-0.2, 0) is 0 Å². The second-order valence-electron chi connectivity index (χ2n) is 18.5. The summed E-state index contributed by atoms with van der Waals surface area (Å²) < 4.78 is 9.14. The van der Waals surface area contributed by atoms with Crippen molar-refractivity contribution in [1.82, 2.24) is 9.55 Å². The van der Waals surface area contributed by atoms with Crippen molar-refractivity contribution in [3.8, 4) is 39.1 Å². The fourth-order valence-electron chi connectivity index (χ4n) is 12.0. The van der Waals surface area contributed by atoms with Crippen molar-refractivity contribution < 1.29 is 4.42 Å². The number of rotatable bonds is 4. The van der Waals surface area contributed by atoms with Gasteiger partial charge in [-0.3, -0.25) is 4.57 Å². The number of aromatic nitrogens is 2. The van der Waals surface area contributed by atoms with Crippen molar-refractivity contribution in [2.45, 2.75) is 6.92 Å². The maximum atomic E-state index is 6.89. The summed E-state index contributed by atoms with van der Waals surface area (Å²) in [5.41, 5.74) is 12.3. The maximum absolute atomic E-state index is 6.89. The first kappa shape index (κ1) is 38.1. The molecule has 0 radical (unpaired) electrons. The molecule has 0 unspecified atom stereocenters. The first-order valence-electron chi connectivity index (χ1n) is 23.8. The van der Waals surface area contributed by atoms with Gasteiger partial charge in [0.25, 0.3) is 0 Å². The van der Waals surface area contributed by atoms with Crippen LogP contribution in [0.2, 0.25) is 0 Å². The lowest BCUT2D eigenvalue weighted by atomic mass is 9.81. The number of benzene rings is 13. The number of nitrogens with zero attached hydrogens (tertiary/aromatic N) is 2. The number of aryl methyl sites for hydroxylation is 1. The molecule has 3 nitrogen and oxygen atoms in total. The van der Waals surface area contributed by atoms with Crippen LogP contribution in [-0.4, -0.2) is 9.55 Å². The van der Waals surface area contributed by atoms with Crippen molar-refractivity contribution in [3.05, 3.63) is 230 Å². The molecular weight excluding hydrogens is 837 g/mol. The summed E-state index contributed by atoms with van der Waals surface area (Å²) in [5.74, 6) is 0.973. The molecule has 69 heavy (non-hydrogen) atoms. The van der Waals surface area contributed by atoms with Gasteiger partial charge in [-0.2, -0.15) is 0 Å². The third-order valence-corrected chi connectivity index (χ3v) is 14.9. The third kappa shape index (κ3) is 5.47. The van der Waals surface area contributed by atoms with Gasteiger partial charge in [0, 0.05) is 16.5 Å². The van der Waals surface area contributed by atoms with E-state index in [1.807, 2.05) is 6.07 Å². The van der Waals surface area contributed by atoms with Gasteiger partial charge in [-0.1, -0.05) is 176 Å². The lowest BCUT2D eigenvalue weighted by Gasteiger charge is -2.22. The number of hydrogen-bond donors (Lipinski definition) is 0. The molecule has 2 heterocycles. The minimum absolute atomic E-state index is 0.887. The number of para-hydroxylation sites is 2. The Balaban J connectivity index is 0.945. The second kappa shape index (κ2) is 14.5. The van der Waals surface area contributed by atoms with Gasteiger partial charge >= 0.3 is 0 Å². The Hall–Kier alpha value is -9.05. The SMILES string of the molecule is Cc1nc2ccccc2n1-c1ccc(-c2c3ccccc3c(-c3c4ccccc4c(-c4ccc5c(c4)oc4cc6c7ccccc7c7ccccc7c6cc45)c4ccccc34)c3ccccc23)cc1. The molecule has 0 saturated heterocycles. The molecular formula is C66H40N2O. The van der Waals surface area contributed by atoms with Crippen LogP contribution in [0.5, 0.6) is 0 Å². The fourth-order valence-corrected chi connectivity index (χ4v) is 12.0. The summed E-state index contributed by atoms with van der Waals surface area (Å²) in [5, 5.41) is 19.5. The van der Waals surface area contributed by atoms with Crippen LogP contribution in [0.4, 0.5) is 0 Å². The number of imidazole rings is 1. The van der Waals surface area contributed by atoms with Gasteiger partial charge in [0.05, 0.1) is 11.0 Å². The molecule has 15 rings (SSSR count). The second-order valence-corrected chi connectivity index (χ2v) is 18.5. The van der Waals surface area contributed by atoms with E-state index in [9.17, 15) is 0 Å². The zero-order valence-electron chi connectivity index (χ0n) is 37.7. The van der Waals surface area contributed by atoms with E-state index in [1.54, 1.807) is 0 Å². The first-order valence-corrected chi connectivity index (χ1v) is 23.8. The Kier molecular flexibility index (Phi) is 7.99. The van der Waals surface area contributed by atoms with Crippen LogP contribution >= 0.6 is 0 Å². The van der Waals surface area contributed by atoms with E-state index in [4.69, 9.17) is 9.40 Å². The van der Waals surface area contributed by atoms with Crippen LogP contribution in [0.25, 0.3) is 147 Å². The van der Waals surface area contributed by atoms with Crippen molar-refractivity contribution in [1.29, 1.82) is 0 Å². The molecule has 0 amide bonds. The molecule has 3 heteroatoms. The predicted molar refractivity (Wildman–Crippen MR) is 292 cm³/mol. The fraction of sp³-hybridized carbons (Fsp3) is 0.0152. The van der Waals surface area contributed by atoms with Crippen molar-refractivity contribution in [2.75, 3.05) is 0 Å². The summed E-state index contributed by atoms with van der Waals surface area (Å²) in [6.07, 6.45) is 0. The Morgan fingerprint density at radius 3 is 1.22 bits per heavy atom. The van der Waals surface area contributed by atoms with Crippen molar-refractivity contribution in [3.63, 3.8) is 0 Å². The van der Waals surface area contributed by atoms with Crippen LogP contribution < -0.4 is 0 Å². The molecule has 320 valence electrons. The quantitative estimate of drug-likeness (QED) is 0.130. The van der Waals surface area contributed by atoms with E-state index in [0.29, 0.717) is 0 Å². The van der Waals surface area contributed by atoms with Crippen molar-refractivity contribution >= 4 is 108 Å².